The molecule has 0 aliphatic carbocycles. The van der Waals surface area contributed by atoms with Crippen LogP contribution in [0.25, 0.3) is 22.3 Å². The van der Waals surface area contributed by atoms with Crippen LogP contribution in [0.4, 0.5) is 0 Å². The summed E-state index contributed by atoms with van der Waals surface area (Å²) in [4.78, 5) is 4.63. The second-order valence-corrected chi connectivity index (χ2v) is 5.45. The molecule has 21 heavy (non-hydrogen) atoms. The van der Waals surface area contributed by atoms with Crippen molar-refractivity contribution in [3.8, 4) is 17.0 Å². The van der Waals surface area contributed by atoms with Gasteiger partial charge in [0.1, 0.15) is 16.8 Å². The molecule has 3 aromatic rings. The zero-order chi connectivity index (χ0) is 14.8. The number of nitrogens with zero attached hydrogens (tertiary/aromatic N) is 3. The summed E-state index contributed by atoms with van der Waals surface area (Å²) in [6, 6.07) is 9.80. The van der Waals surface area contributed by atoms with Gasteiger partial charge in [0.25, 0.3) is 0 Å². The molecule has 0 saturated carbocycles. The molecule has 0 saturated heterocycles. The lowest BCUT2D eigenvalue weighted by Gasteiger charge is -2.09. The monoisotopic (exact) mass is 347 g/mol. The topological polar surface area (TPSA) is 49.2 Å². The highest BCUT2D eigenvalue weighted by atomic mass is 79.9. The van der Waals surface area contributed by atoms with E-state index in [4.69, 9.17) is 9.47 Å². The Kier molecular flexibility index (Phi) is 3.90. The number of aromatic nitrogens is 3. The number of fused-ring (bicyclic) bond motifs is 1. The summed E-state index contributed by atoms with van der Waals surface area (Å²) in [5, 5.41) is 4.33. The smallest absolute Gasteiger partial charge is 0.188 e. The van der Waals surface area contributed by atoms with Crippen LogP contribution in [-0.2, 0) is 11.8 Å². The first-order valence-electron chi connectivity index (χ1n) is 6.39. The number of hydrogen-bond acceptors (Lipinski definition) is 4. The molecule has 0 atom stereocenters. The summed E-state index contributed by atoms with van der Waals surface area (Å²) >= 11 is 3.46. The van der Waals surface area contributed by atoms with E-state index >= 15 is 0 Å². The predicted octanol–water partition coefficient (Wildman–Crippen LogP) is 3.38. The van der Waals surface area contributed by atoms with Crippen molar-refractivity contribution >= 4 is 27.0 Å². The molecule has 0 unspecified atom stereocenters. The Morgan fingerprint density at radius 2 is 2.05 bits per heavy atom. The van der Waals surface area contributed by atoms with E-state index in [2.05, 4.69) is 26.0 Å². The Morgan fingerprint density at radius 1 is 1.19 bits per heavy atom. The number of aryl methyl sites for hydroxylation is 1. The maximum absolute atomic E-state index is 5.53. The molecule has 108 valence electrons. The number of pyridine rings is 1. The van der Waals surface area contributed by atoms with E-state index in [1.165, 1.54) is 0 Å². The van der Waals surface area contributed by atoms with Gasteiger partial charge in [-0.05, 0) is 40.2 Å². The highest BCUT2D eigenvalue weighted by Crippen LogP contribution is 2.30. The van der Waals surface area contributed by atoms with Gasteiger partial charge >= 0.3 is 0 Å². The van der Waals surface area contributed by atoms with Crippen LogP contribution in [0.15, 0.2) is 41.0 Å². The molecule has 5 nitrogen and oxygen atoms in total. The summed E-state index contributed by atoms with van der Waals surface area (Å²) in [5.41, 5.74) is 3.62. The number of rotatable bonds is 4. The molecular weight excluding hydrogens is 334 g/mol. The lowest BCUT2D eigenvalue weighted by Crippen LogP contribution is -1.99. The molecular formula is C15H14BrN3O2. The molecule has 0 aliphatic heterocycles. The van der Waals surface area contributed by atoms with Gasteiger partial charge in [-0.2, -0.15) is 5.10 Å². The normalized spacial score (nSPS) is 11.0. The standard InChI is InChI=1S/C15H14BrN3O2/c1-19-8-14-13(18-19)6-5-12(17-14)10-3-4-11(16)15(7-10)21-9-20-2/h3-8H,9H2,1-2H3. The fourth-order valence-electron chi connectivity index (χ4n) is 2.08. The molecule has 3 rings (SSSR count). The third-order valence-electron chi connectivity index (χ3n) is 3.04. The summed E-state index contributed by atoms with van der Waals surface area (Å²) in [7, 11) is 3.48. The van der Waals surface area contributed by atoms with Crippen molar-refractivity contribution in [3.63, 3.8) is 0 Å². The lowest BCUT2D eigenvalue weighted by molar-refractivity contribution is 0.0506. The van der Waals surface area contributed by atoms with E-state index in [0.29, 0.717) is 0 Å². The largest absolute Gasteiger partial charge is 0.466 e. The number of ether oxygens (including phenoxy) is 2. The first kappa shape index (κ1) is 14.0. The molecule has 0 spiro atoms. The molecule has 0 fully saturated rings. The second-order valence-electron chi connectivity index (χ2n) is 4.60. The Hall–Kier alpha value is -1.92. The zero-order valence-corrected chi connectivity index (χ0v) is 13.3. The van der Waals surface area contributed by atoms with Crippen molar-refractivity contribution in [1.29, 1.82) is 0 Å². The molecule has 0 N–H and O–H groups in total. The number of benzene rings is 1. The fourth-order valence-corrected chi connectivity index (χ4v) is 2.44. The van der Waals surface area contributed by atoms with Crippen LogP contribution in [0.1, 0.15) is 0 Å². The van der Waals surface area contributed by atoms with Crippen molar-refractivity contribution in [1.82, 2.24) is 14.8 Å². The molecule has 0 bridgehead atoms. The van der Waals surface area contributed by atoms with E-state index in [9.17, 15) is 0 Å². The van der Waals surface area contributed by atoms with Gasteiger partial charge < -0.3 is 9.47 Å². The van der Waals surface area contributed by atoms with Crippen LogP contribution in [0.2, 0.25) is 0 Å². The maximum Gasteiger partial charge on any atom is 0.188 e. The quantitative estimate of drug-likeness (QED) is 0.679. The van der Waals surface area contributed by atoms with Gasteiger partial charge in [0.05, 0.1) is 16.4 Å². The third-order valence-corrected chi connectivity index (χ3v) is 3.69. The Balaban J connectivity index is 2.00. The average molecular weight is 348 g/mol. The van der Waals surface area contributed by atoms with Gasteiger partial charge in [-0.15, -0.1) is 0 Å². The molecule has 0 aliphatic rings. The number of methoxy groups -OCH3 is 1. The number of hydrogen-bond donors (Lipinski definition) is 0. The minimum Gasteiger partial charge on any atom is -0.466 e. The molecule has 0 radical (unpaired) electrons. The zero-order valence-electron chi connectivity index (χ0n) is 11.7. The molecule has 6 heteroatoms. The van der Waals surface area contributed by atoms with Gasteiger partial charge in [-0.3, -0.25) is 4.68 Å². The van der Waals surface area contributed by atoms with Gasteiger partial charge in [-0.1, -0.05) is 6.07 Å². The van der Waals surface area contributed by atoms with Crippen LogP contribution < -0.4 is 4.74 Å². The summed E-state index contributed by atoms with van der Waals surface area (Å²) in [6.07, 6.45) is 1.90. The van der Waals surface area contributed by atoms with Crippen molar-refractivity contribution in [2.45, 2.75) is 0 Å². The summed E-state index contributed by atoms with van der Waals surface area (Å²) < 4.78 is 13.1. The first-order chi connectivity index (χ1) is 10.2. The van der Waals surface area contributed by atoms with Crippen LogP contribution >= 0.6 is 15.9 Å². The van der Waals surface area contributed by atoms with Gasteiger partial charge in [0.15, 0.2) is 6.79 Å². The predicted molar refractivity (Wildman–Crippen MR) is 84.1 cm³/mol. The van der Waals surface area contributed by atoms with Gasteiger partial charge in [0.2, 0.25) is 0 Å². The number of halogens is 1. The van der Waals surface area contributed by atoms with Crippen LogP contribution in [0.3, 0.4) is 0 Å². The molecule has 1 aromatic carbocycles. The van der Waals surface area contributed by atoms with E-state index in [1.807, 2.05) is 43.6 Å². The van der Waals surface area contributed by atoms with Crippen molar-refractivity contribution < 1.29 is 9.47 Å². The molecule has 0 amide bonds. The highest BCUT2D eigenvalue weighted by molar-refractivity contribution is 9.10. The maximum atomic E-state index is 5.53. The molecule has 2 heterocycles. The summed E-state index contributed by atoms with van der Waals surface area (Å²) in [6.45, 7) is 0.205. The summed E-state index contributed by atoms with van der Waals surface area (Å²) in [5.74, 6) is 0.724. The van der Waals surface area contributed by atoms with E-state index in [0.717, 1.165) is 32.5 Å². The molecule has 2 aromatic heterocycles. The van der Waals surface area contributed by atoms with E-state index in [1.54, 1.807) is 11.8 Å². The second kappa shape index (κ2) is 5.83. The van der Waals surface area contributed by atoms with Gasteiger partial charge in [0, 0.05) is 19.7 Å². The van der Waals surface area contributed by atoms with Crippen LogP contribution in [0, 0.1) is 0 Å². The van der Waals surface area contributed by atoms with Crippen molar-refractivity contribution in [3.05, 3.63) is 41.0 Å². The first-order valence-corrected chi connectivity index (χ1v) is 7.19. The Bertz CT molecular complexity index is 786. The SMILES string of the molecule is COCOc1cc(-c2ccc3nn(C)cc3n2)ccc1Br. The Morgan fingerprint density at radius 3 is 2.86 bits per heavy atom. The van der Waals surface area contributed by atoms with E-state index in [-0.39, 0.29) is 6.79 Å². The lowest BCUT2D eigenvalue weighted by atomic mass is 10.1. The van der Waals surface area contributed by atoms with Crippen molar-refractivity contribution in [2.24, 2.45) is 7.05 Å². The average Bonchev–Trinajstić information content (AvgIpc) is 2.85. The van der Waals surface area contributed by atoms with E-state index < -0.39 is 0 Å². The minimum atomic E-state index is 0.205. The fraction of sp³-hybridized carbons (Fsp3) is 0.200. The van der Waals surface area contributed by atoms with Crippen LogP contribution in [-0.4, -0.2) is 28.7 Å². The Labute approximate surface area is 130 Å². The highest BCUT2D eigenvalue weighted by Gasteiger charge is 2.08. The van der Waals surface area contributed by atoms with Crippen molar-refractivity contribution in [2.75, 3.05) is 13.9 Å². The van der Waals surface area contributed by atoms with Crippen LogP contribution in [0.5, 0.6) is 5.75 Å². The van der Waals surface area contributed by atoms with Gasteiger partial charge in [-0.25, -0.2) is 4.98 Å². The third kappa shape index (κ3) is 2.91. The minimum absolute atomic E-state index is 0.205.